The van der Waals surface area contributed by atoms with Crippen LogP contribution >= 0.6 is 0 Å². The molecule has 0 bridgehead atoms. The standard InChI is InChI=1S/C11H13NO/c1-3-10(11(12)13)9-6-4-8(2)5-7-9/h3-7,10H,1H2,2H3,(H2,12,13). The maximum absolute atomic E-state index is 11.0. The second kappa shape index (κ2) is 3.90. The minimum Gasteiger partial charge on any atom is -0.369 e. The molecule has 0 aliphatic rings. The molecule has 0 heterocycles. The van der Waals surface area contributed by atoms with Gasteiger partial charge in [0.1, 0.15) is 0 Å². The van der Waals surface area contributed by atoms with E-state index in [4.69, 9.17) is 5.73 Å². The van der Waals surface area contributed by atoms with Crippen LogP contribution in [0.4, 0.5) is 0 Å². The van der Waals surface area contributed by atoms with E-state index in [2.05, 4.69) is 6.58 Å². The van der Waals surface area contributed by atoms with E-state index < -0.39 is 0 Å². The molecule has 2 N–H and O–H groups in total. The normalized spacial score (nSPS) is 12.1. The minimum absolute atomic E-state index is 0.362. The Kier molecular flexibility index (Phi) is 2.85. The largest absolute Gasteiger partial charge is 0.369 e. The summed E-state index contributed by atoms with van der Waals surface area (Å²) in [5.74, 6) is -0.737. The highest BCUT2D eigenvalue weighted by molar-refractivity contribution is 5.83. The van der Waals surface area contributed by atoms with Crippen molar-refractivity contribution < 1.29 is 4.79 Å². The summed E-state index contributed by atoms with van der Waals surface area (Å²) in [5, 5.41) is 0. The summed E-state index contributed by atoms with van der Waals surface area (Å²) in [7, 11) is 0. The molecule has 13 heavy (non-hydrogen) atoms. The number of primary amides is 1. The lowest BCUT2D eigenvalue weighted by atomic mass is 9.98. The van der Waals surface area contributed by atoms with Gasteiger partial charge in [-0.15, -0.1) is 6.58 Å². The summed E-state index contributed by atoms with van der Waals surface area (Å²) in [6.45, 7) is 5.58. The van der Waals surface area contributed by atoms with Gasteiger partial charge in [-0.1, -0.05) is 35.9 Å². The Morgan fingerprint density at radius 1 is 1.46 bits per heavy atom. The lowest BCUT2D eigenvalue weighted by Crippen LogP contribution is -2.19. The number of aryl methyl sites for hydroxylation is 1. The number of rotatable bonds is 3. The van der Waals surface area contributed by atoms with E-state index in [1.807, 2.05) is 31.2 Å². The van der Waals surface area contributed by atoms with Gasteiger partial charge >= 0.3 is 0 Å². The first-order chi connectivity index (χ1) is 6.15. The van der Waals surface area contributed by atoms with E-state index in [1.165, 1.54) is 0 Å². The third kappa shape index (κ3) is 2.18. The van der Waals surface area contributed by atoms with E-state index in [0.29, 0.717) is 0 Å². The average molecular weight is 175 g/mol. The first kappa shape index (κ1) is 9.52. The molecule has 1 atom stereocenters. The van der Waals surface area contributed by atoms with Crippen LogP contribution < -0.4 is 5.73 Å². The van der Waals surface area contributed by atoms with Gasteiger partial charge in [0.25, 0.3) is 0 Å². The molecule has 2 nitrogen and oxygen atoms in total. The number of carbonyl (C=O) groups is 1. The summed E-state index contributed by atoms with van der Waals surface area (Å²) >= 11 is 0. The van der Waals surface area contributed by atoms with Crippen molar-refractivity contribution in [1.82, 2.24) is 0 Å². The Hall–Kier alpha value is -1.57. The summed E-state index contributed by atoms with van der Waals surface area (Å²) in [5.41, 5.74) is 7.27. The number of amides is 1. The Labute approximate surface area is 78.1 Å². The predicted molar refractivity (Wildman–Crippen MR) is 53.3 cm³/mol. The Morgan fingerprint density at radius 3 is 2.38 bits per heavy atom. The molecule has 0 saturated carbocycles. The second-order valence-electron chi connectivity index (χ2n) is 3.03. The molecule has 0 aromatic heterocycles. The molecule has 0 aliphatic carbocycles. The highest BCUT2D eigenvalue weighted by Gasteiger charge is 2.12. The molecule has 0 aliphatic heterocycles. The van der Waals surface area contributed by atoms with Crippen molar-refractivity contribution in [1.29, 1.82) is 0 Å². The first-order valence-corrected chi connectivity index (χ1v) is 4.13. The van der Waals surface area contributed by atoms with E-state index in [0.717, 1.165) is 11.1 Å². The van der Waals surface area contributed by atoms with Gasteiger partial charge in [-0.25, -0.2) is 0 Å². The lowest BCUT2D eigenvalue weighted by Gasteiger charge is -2.08. The fourth-order valence-corrected chi connectivity index (χ4v) is 1.19. The van der Waals surface area contributed by atoms with Gasteiger partial charge in [0, 0.05) is 0 Å². The number of nitrogens with two attached hydrogens (primary N) is 1. The smallest absolute Gasteiger partial charge is 0.228 e. The molecule has 0 saturated heterocycles. The van der Waals surface area contributed by atoms with Crippen LogP contribution in [0.1, 0.15) is 17.0 Å². The summed E-state index contributed by atoms with van der Waals surface area (Å²) in [6, 6.07) is 7.70. The maximum atomic E-state index is 11.0. The van der Waals surface area contributed by atoms with Crippen molar-refractivity contribution in [2.24, 2.45) is 5.73 Å². The van der Waals surface area contributed by atoms with Gasteiger partial charge in [0.15, 0.2) is 0 Å². The maximum Gasteiger partial charge on any atom is 0.228 e. The molecule has 1 aromatic carbocycles. The Morgan fingerprint density at radius 2 is 2.00 bits per heavy atom. The number of hydrogen-bond donors (Lipinski definition) is 1. The highest BCUT2D eigenvalue weighted by atomic mass is 16.1. The Bertz CT molecular complexity index is 313. The van der Waals surface area contributed by atoms with Gasteiger partial charge in [0.05, 0.1) is 5.92 Å². The SMILES string of the molecule is C=CC(C(N)=O)c1ccc(C)cc1. The number of benzene rings is 1. The van der Waals surface area contributed by atoms with Gasteiger partial charge in [-0.2, -0.15) is 0 Å². The number of carbonyl (C=O) groups excluding carboxylic acids is 1. The molecule has 1 unspecified atom stereocenters. The van der Waals surface area contributed by atoms with Gasteiger partial charge in [-0.05, 0) is 12.5 Å². The van der Waals surface area contributed by atoms with Crippen LogP contribution in [0.15, 0.2) is 36.9 Å². The first-order valence-electron chi connectivity index (χ1n) is 4.13. The molecular weight excluding hydrogens is 162 g/mol. The van der Waals surface area contributed by atoms with Crippen molar-refractivity contribution in [2.75, 3.05) is 0 Å². The fourth-order valence-electron chi connectivity index (χ4n) is 1.19. The Balaban J connectivity index is 2.99. The summed E-state index contributed by atoms with van der Waals surface area (Å²) in [6.07, 6.45) is 1.56. The van der Waals surface area contributed by atoms with Crippen molar-refractivity contribution in [2.45, 2.75) is 12.8 Å². The van der Waals surface area contributed by atoms with Crippen LogP contribution in [0, 0.1) is 6.92 Å². The lowest BCUT2D eigenvalue weighted by molar-refractivity contribution is -0.118. The molecule has 1 rings (SSSR count). The summed E-state index contributed by atoms with van der Waals surface area (Å²) < 4.78 is 0. The second-order valence-corrected chi connectivity index (χ2v) is 3.03. The topological polar surface area (TPSA) is 43.1 Å². The van der Waals surface area contributed by atoms with Gasteiger partial charge in [0.2, 0.25) is 5.91 Å². The predicted octanol–water partition coefficient (Wildman–Crippen LogP) is 1.75. The van der Waals surface area contributed by atoms with E-state index in [9.17, 15) is 4.79 Å². The highest BCUT2D eigenvalue weighted by Crippen LogP contribution is 2.16. The van der Waals surface area contributed by atoms with Gasteiger partial charge < -0.3 is 5.73 Å². The molecule has 0 fully saturated rings. The minimum atomic E-state index is -0.374. The summed E-state index contributed by atoms with van der Waals surface area (Å²) in [4.78, 5) is 11.0. The average Bonchev–Trinajstić information content (AvgIpc) is 2.09. The third-order valence-electron chi connectivity index (χ3n) is 1.98. The molecule has 1 aromatic rings. The fraction of sp³-hybridized carbons (Fsp3) is 0.182. The monoisotopic (exact) mass is 175 g/mol. The molecular formula is C11H13NO. The third-order valence-corrected chi connectivity index (χ3v) is 1.98. The molecule has 1 amide bonds. The molecule has 2 heteroatoms. The van der Waals surface area contributed by atoms with Crippen LogP contribution in [0.25, 0.3) is 0 Å². The van der Waals surface area contributed by atoms with Crippen molar-refractivity contribution >= 4 is 5.91 Å². The van der Waals surface area contributed by atoms with Crippen LogP contribution in [0.3, 0.4) is 0 Å². The molecule has 0 radical (unpaired) electrons. The van der Waals surface area contributed by atoms with Gasteiger partial charge in [-0.3, -0.25) is 4.79 Å². The number of hydrogen-bond acceptors (Lipinski definition) is 1. The molecule has 0 spiro atoms. The quantitative estimate of drug-likeness (QED) is 0.699. The van der Waals surface area contributed by atoms with Crippen molar-refractivity contribution in [3.63, 3.8) is 0 Å². The van der Waals surface area contributed by atoms with E-state index in [1.54, 1.807) is 6.08 Å². The van der Waals surface area contributed by atoms with Crippen molar-refractivity contribution in [3.8, 4) is 0 Å². The zero-order valence-corrected chi connectivity index (χ0v) is 7.66. The van der Waals surface area contributed by atoms with Crippen LogP contribution in [0.2, 0.25) is 0 Å². The van der Waals surface area contributed by atoms with Crippen LogP contribution in [0.5, 0.6) is 0 Å². The van der Waals surface area contributed by atoms with Crippen LogP contribution in [-0.2, 0) is 4.79 Å². The zero-order valence-electron chi connectivity index (χ0n) is 7.66. The van der Waals surface area contributed by atoms with E-state index >= 15 is 0 Å². The van der Waals surface area contributed by atoms with Crippen LogP contribution in [-0.4, -0.2) is 5.91 Å². The van der Waals surface area contributed by atoms with E-state index in [-0.39, 0.29) is 11.8 Å². The molecule has 68 valence electrons. The zero-order chi connectivity index (χ0) is 9.84. The van der Waals surface area contributed by atoms with Crippen molar-refractivity contribution in [3.05, 3.63) is 48.0 Å².